The van der Waals surface area contributed by atoms with Crippen molar-refractivity contribution in [3.05, 3.63) is 35.8 Å². The van der Waals surface area contributed by atoms with Crippen LogP contribution in [0.4, 0.5) is 4.39 Å². The number of H-pyrrole nitrogens is 1. The number of fused-ring (bicyclic) bond motifs is 1. The highest BCUT2D eigenvalue weighted by Gasteiger charge is 2.22. The predicted molar refractivity (Wildman–Crippen MR) is 64.5 cm³/mol. The van der Waals surface area contributed by atoms with Crippen LogP contribution in [0.2, 0.25) is 0 Å². The standard InChI is InChI=1S/C14H14FNO/c15-10-4-5-11-12(8-16-13(11)7-10)14(17)6-9-2-1-3-9/h4-5,7-9,16H,1-3,6H2. The van der Waals surface area contributed by atoms with Gasteiger partial charge in [0.05, 0.1) is 0 Å². The molecule has 0 atom stereocenters. The summed E-state index contributed by atoms with van der Waals surface area (Å²) in [5.41, 5.74) is 1.40. The van der Waals surface area contributed by atoms with Crippen LogP contribution in [-0.2, 0) is 0 Å². The van der Waals surface area contributed by atoms with E-state index in [0.717, 1.165) is 5.39 Å². The molecule has 1 aromatic carbocycles. The van der Waals surface area contributed by atoms with Gasteiger partial charge in [-0.25, -0.2) is 4.39 Å². The molecule has 0 spiro atoms. The van der Waals surface area contributed by atoms with Gasteiger partial charge in [-0.05, 0) is 24.1 Å². The van der Waals surface area contributed by atoms with E-state index >= 15 is 0 Å². The molecule has 2 nitrogen and oxygen atoms in total. The first kappa shape index (κ1) is 10.5. The molecule has 0 radical (unpaired) electrons. The van der Waals surface area contributed by atoms with Gasteiger partial charge in [-0.2, -0.15) is 0 Å². The maximum absolute atomic E-state index is 13.0. The molecule has 0 unspecified atom stereocenters. The van der Waals surface area contributed by atoms with Crippen LogP contribution in [0, 0.1) is 11.7 Å². The van der Waals surface area contributed by atoms with Crippen molar-refractivity contribution in [3.8, 4) is 0 Å². The number of benzene rings is 1. The first-order valence-electron chi connectivity index (χ1n) is 6.04. The lowest BCUT2D eigenvalue weighted by molar-refractivity contribution is 0.0938. The first-order chi connectivity index (χ1) is 8.24. The zero-order chi connectivity index (χ0) is 11.8. The third kappa shape index (κ3) is 1.86. The van der Waals surface area contributed by atoms with E-state index in [1.165, 1.54) is 31.4 Å². The first-order valence-corrected chi connectivity index (χ1v) is 6.04. The monoisotopic (exact) mass is 231 g/mol. The number of carbonyl (C=O) groups is 1. The van der Waals surface area contributed by atoms with Crippen LogP contribution in [0.1, 0.15) is 36.0 Å². The summed E-state index contributed by atoms with van der Waals surface area (Å²) in [6, 6.07) is 4.50. The van der Waals surface area contributed by atoms with Crippen LogP contribution >= 0.6 is 0 Å². The lowest BCUT2D eigenvalue weighted by Gasteiger charge is -2.24. The number of aromatic nitrogens is 1. The van der Waals surface area contributed by atoms with E-state index in [-0.39, 0.29) is 11.6 Å². The number of Topliss-reactive ketones (excluding diaryl/α,β-unsaturated/α-hetero) is 1. The van der Waals surface area contributed by atoms with E-state index in [2.05, 4.69) is 4.98 Å². The van der Waals surface area contributed by atoms with Crippen LogP contribution in [0.5, 0.6) is 0 Å². The quantitative estimate of drug-likeness (QED) is 0.803. The van der Waals surface area contributed by atoms with Crippen molar-refractivity contribution < 1.29 is 9.18 Å². The fourth-order valence-corrected chi connectivity index (χ4v) is 2.40. The molecule has 1 aromatic heterocycles. The molecule has 0 bridgehead atoms. The van der Waals surface area contributed by atoms with Gasteiger partial charge in [-0.1, -0.05) is 19.3 Å². The fraction of sp³-hybridized carbons (Fsp3) is 0.357. The Balaban J connectivity index is 1.91. The van der Waals surface area contributed by atoms with Gasteiger partial charge in [0.1, 0.15) is 5.82 Å². The lowest BCUT2D eigenvalue weighted by Crippen LogP contribution is -2.15. The zero-order valence-electron chi connectivity index (χ0n) is 9.50. The third-order valence-electron chi connectivity index (χ3n) is 3.64. The number of rotatable bonds is 3. The van der Waals surface area contributed by atoms with Gasteiger partial charge in [0.15, 0.2) is 5.78 Å². The van der Waals surface area contributed by atoms with Gasteiger partial charge in [-0.15, -0.1) is 0 Å². The minimum atomic E-state index is -0.280. The highest BCUT2D eigenvalue weighted by molar-refractivity contribution is 6.07. The van der Waals surface area contributed by atoms with Crippen LogP contribution < -0.4 is 0 Å². The molecule has 1 saturated carbocycles. The fourth-order valence-electron chi connectivity index (χ4n) is 2.40. The Morgan fingerprint density at radius 2 is 2.24 bits per heavy atom. The van der Waals surface area contributed by atoms with Gasteiger partial charge in [0.2, 0.25) is 0 Å². The van der Waals surface area contributed by atoms with Crippen molar-refractivity contribution in [3.63, 3.8) is 0 Å². The number of ketones is 1. The van der Waals surface area contributed by atoms with Crippen molar-refractivity contribution in [1.29, 1.82) is 0 Å². The van der Waals surface area contributed by atoms with E-state index < -0.39 is 0 Å². The Bertz CT molecular complexity index is 569. The molecule has 0 aliphatic heterocycles. The Hall–Kier alpha value is -1.64. The number of hydrogen-bond acceptors (Lipinski definition) is 1. The van der Waals surface area contributed by atoms with Crippen LogP contribution in [0.25, 0.3) is 10.9 Å². The molecule has 0 amide bonds. The maximum atomic E-state index is 13.0. The summed E-state index contributed by atoms with van der Waals surface area (Å²) >= 11 is 0. The van der Waals surface area contributed by atoms with Crippen molar-refractivity contribution in [2.24, 2.45) is 5.92 Å². The van der Waals surface area contributed by atoms with Gasteiger partial charge >= 0.3 is 0 Å². The molecule has 17 heavy (non-hydrogen) atoms. The molecule has 1 fully saturated rings. The highest BCUT2D eigenvalue weighted by atomic mass is 19.1. The topological polar surface area (TPSA) is 32.9 Å². The molecule has 0 saturated heterocycles. The number of carbonyl (C=O) groups excluding carboxylic acids is 1. The van der Waals surface area contributed by atoms with Gasteiger partial charge in [-0.3, -0.25) is 4.79 Å². The van der Waals surface area contributed by atoms with E-state index in [0.29, 0.717) is 23.4 Å². The lowest BCUT2D eigenvalue weighted by atomic mass is 9.81. The average molecular weight is 231 g/mol. The molecular weight excluding hydrogens is 217 g/mol. The molecule has 1 aliphatic carbocycles. The molecular formula is C14H14FNO. The molecule has 2 aromatic rings. The summed E-state index contributed by atoms with van der Waals surface area (Å²) in [7, 11) is 0. The van der Waals surface area contributed by atoms with Gasteiger partial charge < -0.3 is 4.98 Å². The van der Waals surface area contributed by atoms with Crippen LogP contribution in [0.3, 0.4) is 0 Å². The number of aromatic amines is 1. The highest BCUT2D eigenvalue weighted by Crippen LogP contribution is 2.31. The molecule has 88 valence electrons. The summed E-state index contributed by atoms with van der Waals surface area (Å²) in [5, 5.41) is 0.829. The van der Waals surface area contributed by atoms with Crippen LogP contribution in [0.15, 0.2) is 24.4 Å². The summed E-state index contributed by atoms with van der Waals surface area (Å²) < 4.78 is 13.0. The largest absolute Gasteiger partial charge is 0.360 e. The second-order valence-corrected chi connectivity index (χ2v) is 4.82. The number of nitrogens with one attached hydrogen (secondary N) is 1. The minimum absolute atomic E-state index is 0.174. The number of hydrogen-bond donors (Lipinski definition) is 1. The van der Waals surface area contributed by atoms with Crippen molar-refractivity contribution in [2.45, 2.75) is 25.7 Å². The average Bonchev–Trinajstić information content (AvgIpc) is 2.66. The Morgan fingerprint density at radius 1 is 1.41 bits per heavy atom. The summed E-state index contributed by atoms with van der Waals surface area (Å²) in [6.45, 7) is 0. The second kappa shape index (κ2) is 3.99. The van der Waals surface area contributed by atoms with E-state index in [4.69, 9.17) is 0 Å². The Labute approximate surface area is 98.8 Å². The van der Waals surface area contributed by atoms with Gasteiger partial charge in [0, 0.05) is 29.1 Å². The third-order valence-corrected chi connectivity index (χ3v) is 3.64. The van der Waals surface area contributed by atoms with E-state index in [1.807, 2.05) is 0 Å². The predicted octanol–water partition coefficient (Wildman–Crippen LogP) is 3.68. The molecule has 3 heteroatoms. The summed E-state index contributed by atoms with van der Waals surface area (Å²) in [5.74, 6) is 0.456. The molecule has 1 N–H and O–H groups in total. The Morgan fingerprint density at radius 3 is 2.94 bits per heavy atom. The smallest absolute Gasteiger partial charge is 0.165 e. The van der Waals surface area contributed by atoms with Crippen molar-refractivity contribution >= 4 is 16.7 Å². The normalized spacial score (nSPS) is 16.1. The van der Waals surface area contributed by atoms with Gasteiger partial charge in [0.25, 0.3) is 0 Å². The number of halogens is 1. The summed E-state index contributed by atoms with van der Waals surface area (Å²) in [6.07, 6.45) is 5.91. The summed E-state index contributed by atoms with van der Waals surface area (Å²) in [4.78, 5) is 15.1. The zero-order valence-corrected chi connectivity index (χ0v) is 9.50. The van der Waals surface area contributed by atoms with Crippen molar-refractivity contribution in [1.82, 2.24) is 4.98 Å². The molecule has 1 heterocycles. The van der Waals surface area contributed by atoms with E-state index in [1.54, 1.807) is 12.3 Å². The molecule has 3 rings (SSSR count). The van der Waals surface area contributed by atoms with Crippen LogP contribution in [-0.4, -0.2) is 10.8 Å². The van der Waals surface area contributed by atoms with Crippen molar-refractivity contribution in [2.75, 3.05) is 0 Å². The van der Waals surface area contributed by atoms with E-state index in [9.17, 15) is 9.18 Å². The SMILES string of the molecule is O=C(CC1CCC1)c1c[nH]c2cc(F)ccc12. The molecule has 1 aliphatic rings. The minimum Gasteiger partial charge on any atom is -0.360 e. The maximum Gasteiger partial charge on any atom is 0.165 e. The Kier molecular flexibility index (Phi) is 2.46. The second-order valence-electron chi connectivity index (χ2n) is 4.82.